The van der Waals surface area contributed by atoms with Crippen LogP contribution in [0.4, 0.5) is 0 Å². The van der Waals surface area contributed by atoms with Gasteiger partial charge >= 0.3 is 0 Å². The third-order valence-electron chi connectivity index (χ3n) is 2.98. The van der Waals surface area contributed by atoms with Gasteiger partial charge in [-0.3, -0.25) is 0 Å². The minimum Gasteiger partial charge on any atom is -0.313 e. The van der Waals surface area contributed by atoms with Crippen molar-refractivity contribution in [1.82, 2.24) is 9.62 Å². The molecule has 1 aromatic carbocycles. The highest BCUT2D eigenvalue weighted by Gasteiger charge is 2.20. The van der Waals surface area contributed by atoms with E-state index in [-0.39, 0.29) is 0 Å². The molecule has 0 saturated heterocycles. The summed E-state index contributed by atoms with van der Waals surface area (Å²) in [4.78, 5) is 0.329. The molecule has 0 spiro atoms. The summed E-state index contributed by atoms with van der Waals surface area (Å²) < 4.78 is 25.9. The van der Waals surface area contributed by atoms with Crippen LogP contribution in [0.2, 0.25) is 0 Å². The Balaban J connectivity index is 3.10. The van der Waals surface area contributed by atoms with Gasteiger partial charge < -0.3 is 5.32 Å². The van der Waals surface area contributed by atoms with Gasteiger partial charge in [0.2, 0.25) is 10.0 Å². The minimum absolute atomic E-state index is 0.304. The molecule has 106 valence electrons. The third kappa shape index (κ3) is 3.89. The van der Waals surface area contributed by atoms with Gasteiger partial charge in [-0.1, -0.05) is 19.1 Å². The lowest BCUT2D eigenvalue weighted by Crippen LogP contribution is -2.27. The summed E-state index contributed by atoms with van der Waals surface area (Å²) in [6.07, 6.45) is 1.57. The first-order valence-electron chi connectivity index (χ1n) is 6.31. The van der Waals surface area contributed by atoms with Gasteiger partial charge in [-0.2, -0.15) is 4.31 Å². The van der Waals surface area contributed by atoms with E-state index >= 15 is 0 Å². The molecule has 4 nitrogen and oxygen atoms in total. The highest BCUT2D eigenvalue weighted by atomic mass is 32.2. The van der Waals surface area contributed by atoms with Crippen LogP contribution < -0.4 is 5.32 Å². The van der Waals surface area contributed by atoms with Crippen molar-refractivity contribution in [1.29, 1.82) is 0 Å². The van der Waals surface area contributed by atoms with Crippen molar-refractivity contribution in [2.75, 3.05) is 20.1 Å². The summed E-state index contributed by atoms with van der Waals surface area (Å²) >= 11 is 0. The predicted molar refractivity (Wildman–Crippen MR) is 78.6 cm³/mol. The van der Waals surface area contributed by atoms with E-state index in [2.05, 4.69) is 11.9 Å². The van der Waals surface area contributed by atoms with E-state index in [1.807, 2.05) is 19.9 Å². The first kappa shape index (κ1) is 15.9. The van der Waals surface area contributed by atoms with Crippen molar-refractivity contribution in [3.8, 4) is 0 Å². The minimum atomic E-state index is -3.43. The summed E-state index contributed by atoms with van der Waals surface area (Å²) in [5, 5.41) is 3.21. The first-order valence-corrected chi connectivity index (χ1v) is 7.75. The van der Waals surface area contributed by atoms with Crippen LogP contribution in [0.25, 0.3) is 0 Å². The fourth-order valence-electron chi connectivity index (χ4n) is 1.72. The second kappa shape index (κ2) is 6.84. The van der Waals surface area contributed by atoms with Gasteiger partial charge in [0.15, 0.2) is 0 Å². The van der Waals surface area contributed by atoms with Crippen molar-refractivity contribution < 1.29 is 8.42 Å². The van der Waals surface area contributed by atoms with Crippen LogP contribution in [0.5, 0.6) is 0 Å². The van der Waals surface area contributed by atoms with Crippen LogP contribution in [0.15, 0.2) is 35.7 Å². The Bertz CT molecular complexity index is 538. The van der Waals surface area contributed by atoms with Crippen molar-refractivity contribution in [3.63, 3.8) is 0 Å². The molecule has 19 heavy (non-hydrogen) atoms. The smallest absolute Gasteiger partial charge is 0.243 e. The van der Waals surface area contributed by atoms with Gasteiger partial charge in [-0.15, -0.1) is 6.58 Å². The maximum absolute atomic E-state index is 12.3. The predicted octanol–water partition coefficient (Wildman–Crippen LogP) is 1.91. The number of hydrogen-bond donors (Lipinski definition) is 1. The van der Waals surface area contributed by atoms with E-state index < -0.39 is 10.0 Å². The quantitative estimate of drug-likeness (QED) is 0.777. The summed E-state index contributed by atoms with van der Waals surface area (Å²) in [6, 6.07) is 5.24. The topological polar surface area (TPSA) is 49.4 Å². The number of benzene rings is 1. The number of sulfonamides is 1. The molecule has 0 unspecified atom stereocenters. The SMILES string of the molecule is C=CCN(C)S(=O)(=O)c1ccc(C)c(CNCC)c1. The monoisotopic (exact) mass is 282 g/mol. The molecular formula is C14H22N2O2S. The molecule has 0 radical (unpaired) electrons. The molecule has 0 saturated carbocycles. The Hall–Kier alpha value is -1.17. The average Bonchev–Trinajstić information content (AvgIpc) is 2.37. The molecule has 0 bridgehead atoms. The van der Waals surface area contributed by atoms with E-state index in [0.29, 0.717) is 18.0 Å². The standard InChI is InChI=1S/C14H22N2O2S/c1-5-9-16(4)19(17,18)14-8-7-12(3)13(10-14)11-15-6-2/h5,7-8,10,15H,1,6,9,11H2,2-4H3. The van der Waals surface area contributed by atoms with Gasteiger partial charge in [-0.05, 0) is 36.7 Å². The van der Waals surface area contributed by atoms with Crippen molar-refractivity contribution in [2.45, 2.75) is 25.3 Å². The number of hydrogen-bond acceptors (Lipinski definition) is 3. The molecule has 1 N–H and O–H groups in total. The molecule has 0 atom stereocenters. The Kier molecular flexibility index (Phi) is 5.72. The zero-order valence-electron chi connectivity index (χ0n) is 11.8. The molecule has 0 aliphatic carbocycles. The maximum atomic E-state index is 12.3. The van der Waals surface area contributed by atoms with Crippen LogP contribution in [0.1, 0.15) is 18.1 Å². The van der Waals surface area contributed by atoms with E-state index in [0.717, 1.165) is 17.7 Å². The lowest BCUT2D eigenvalue weighted by molar-refractivity contribution is 0.499. The Morgan fingerprint density at radius 3 is 2.68 bits per heavy atom. The van der Waals surface area contributed by atoms with Gasteiger partial charge in [-0.25, -0.2) is 8.42 Å². The Labute approximate surface area is 116 Å². The number of rotatable bonds is 7. The van der Waals surface area contributed by atoms with Crippen LogP contribution in [0, 0.1) is 6.92 Å². The molecule has 0 fully saturated rings. The largest absolute Gasteiger partial charge is 0.313 e. The van der Waals surface area contributed by atoms with E-state index in [4.69, 9.17) is 0 Å². The average molecular weight is 282 g/mol. The van der Waals surface area contributed by atoms with Gasteiger partial charge in [0.25, 0.3) is 0 Å². The van der Waals surface area contributed by atoms with E-state index in [1.165, 1.54) is 4.31 Å². The number of nitrogens with zero attached hydrogens (tertiary/aromatic N) is 1. The fraction of sp³-hybridized carbons (Fsp3) is 0.429. The number of aryl methyl sites for hydroxylation is 1. The molecule has 0 amide bonds. The lowest BCUT2D eigenvalue weighted by atomic mass is 10.1. The molecule has 0 aliphatic heterocycles. The summed E-state index contributed by atoms with van der Waals surface area (Å²) in [5.41, 5.74) is 2.10. The molecule has 5 heteroatoms. The second-order valence-electron chi connectivity index (χ2n) is 4.44. The normalized spacial score (nSPS) is 11.8. The Morgan fingerprint density at radius 1 is 1.42 bits per heavy atom. The number of nitrogens with one attached hydrogen (secondary N) is 1. The molecule has 1 aromatic rings. The second-order valence-corrected chi connectivity index (χ2v) is 6.49. The van der Waals surface area contributed by atoms with E-state index in [1.54, 1.807) is 25.3 Å². The van der Waals surface area contributed by atoms with Crippen LogP contribution in [-0.2, 0) is 16.6 Å². The third-order valence-corrected chi connectivity index (χ3v) is 4.80. The van der Waals surface area contributed by atoms with Gasteiger partial charge in [0.05, 0.1) is 4.90 Å². The van der Waals surface area contributed by atoms with Crippen LogP contribution in [-0.4, -0.2) is 32.9 Å². The van der Waals surface area contributed by atoms with Crippen molar-refractivity contribution in [3.05, 3.63) is 42.0 Å². The Morgan fingerprint density at radius 2 is 2.11 bits per heavy atom. The van der Waals surface area contributed by atoms with Crippen LogP contribution >= 0.6 is 0 Å². The highest BCUT2D eigenvalue weighted by Crippen LogP contribution is 2.18. The van der Waals surface area contributed by atoms with Gasteiger partial charge in [0, 0.05) is 20.1 Å². The molecule has 0 aromatic heterocycles. The maximum Gasteiger partial charge on any atom is 0.243 e. The highest BCUT2D eigenvalue weighted by molar-refractivity contribution is 7.89. The zero-order chi connectivity index (χ0) is 14.5. The van der Waals surface area contributed by atoms with Crippen LogP contribution in [0.3, 0.4) is 0 Å². The lowest BCUT2D eigenvalue weighted by Gasteiger charge is -2.16. The zero-order valence-corrected chi connectivity index (χ0v) is 12.6. The molecule has 0 aliphatic rings. The molecular weight excluding hydrogens is 260 g/mol. The van der Waals surface area contributed by atoms with E-state index in [9.17, 15) is 8.42 Å². The van der Waals surface area contributed by atoms with Gasteiger partial charge in [0.1, 0.15) is 0 Å². The first-order chi connectivity index (χ1) is 8.93. The number of likely N-dealkylation sites (N-methyl/N-ethyl adjacent to an activating group) is 1. The molecule has 1 rings (SSSR count). The summed E-state index contributed by atoms with van der Waals surface area (Å²) in [6.45, 7) is 9.40. The fourth-order valence-corrected chi connectivity index (χ4v) is 2.91. The molecule has 0 heterocycles. The van der Waals surface area contributed by atoms with Crippen molar-refractivity contribution >= 4 is 10.0 Å². The van der Waals surface area contributed by atoms with Crippen molar-refractivity contribution in [2.24, 2.45) is 0 Å². The summed E-state index contributed by atoms with van der Waals surface area (Å²) in [5.74, 6) is 0. The summed E-state index contributed by atoms with van der Waals surface area (Å²) in [7, 11) is -1.87.